The molecule has 1 aromatic carbocycles. The zero-order chi connectivity index (χ0) is 17.5. The van der Waals surface area contributed by atoms with E-state index < -0.39 is 16.5 Å². The molecule has 1 heterocycles. The fourth-order valence-corrected chi connectivity index (χ4v) is 2.46. The number of hydrogen-bond donors (Lipinski definition) is 1. The van der Waals surface area contributed by atoms with Crippen molar-refractivity contribution in [2.75, 3.05) is 46.6 Å². The molecule has 1 saturated heterocycles. The normalized spacial score (nSPS) is 15.0. The van der Waals surface area contributed by atoms with Gasteiger partial charge in [-0.25, -0.2) is 0 Å². The Labute approximate surface area is 139 Å². The molecule has 9 heteroatoms. The van der Waals surface area contributed by atoms with Crippen LogP contribution < -0.4 is 15.2 Å². The first kappa shape index (κ1) is 18.0. The Bertz CT molecular complexity index is 601. The number of nitrogens with two attached hydrogens (primary N) is 1. The molecule has 0 atom stereocenters. The number of ether oxygens (including phenoxy) is 3. The van der Waals surface area contributed by atoms with Gasteiger partial charge in [0.05, 0.1) is 37.9 Å². The van der Waals surface area contributed by atoms with E-state index in [0.29, 0.717) is 6.61 Å². The van der Waals surface area contributed by atoms with Crippen molar-refractivity contribution in [3.8, 4) is 11.5 Å². The molecule has 24 heavy (non-hydrogen) atoms. The second-order valence-electron chi connectivity index (χ2n) is 5.30. The number of morpholine rings is 1. The monoisotopic (exact) mass is 339 g/mol. The van der Waals surface area contributed by atoms with Gasteiger partial charge in [-0.05, 0) is 6.42 Å². The molecule has 1 aliphatic rings. The van der Waals surface area contributed by atoms with Crippen LogP contribution in [0.25, 0.3) is 0 Å². The van der Waals surface area contributed by atoms with Gasteiger partial charge in [-0.1, -0.05) is 0 Å². The predicted molar refractivity (Wildman–Crippen MR) is 85.5 cm³/mol. The molecule has 0 spiro atoms. The molecule has 0 aliphatic carbocycles. The number of hydrogen-bond acceptors (Lipinski definition) is 7. The Morgan fingerprint density at radius 3 is 2.67 bits per heavy atom. The van der Waals surface area contributed by atoms with Gasteiger partial charge in [0.2, 0.25) is 0 Å². The third-order valence-corrected chi connectivity index (χ3v) is 3.72. The third kappa shape index (κ3) is 4.56. The minimum atomic E-state index is -0.887. The van der Waals surface area contributed by atoms with Crippen LogP contribution in [0.3, 0.4) is 0 Å². The van der Waals surface area contributed by atoms with Crippen LogP contribution >= 0.6 is 0 Å². The van der Waals surface area contributed by atoms with E-state index in [4.69, 9.17) is 19.9 Å². The Balaban J connectivity index is 2.01. The summed E-state index contributed by atoms with van der Waals surface area (Å²) in [6.07, 6.45) is 0.770. The molecule has 132 valence electrons. The van der Waals surface area contributed by atoms with Gasteiger partial charge < -0.3 is 19.9 Å². The van der Waals surface area contributed by atoms with Gasteiger partial charge in [0.15, 0.2) is 11.5 Å². The van der Waals surface area contributed by atoms with Crippen LogP contribution in [-0.4, -0.2) is 62.3 Å². The summed E-state index contributed by atoms with van der Waals surface area (Å²) in [5.74, 6) is -0.431. The minimum absolute atomic E-state index is 0.193. The molecule has 0 bridgehead atoms. The molecule has 0 radical (unpaired) electrons. The van der Waals surface area contributed by atoms with E-state index in [9.17, 15) is 14.9 Å². The summed E-state index contributed by atoms with van der Waals surface area (Å²) in [6.45, 7) is 4.52. The van der Waals surface area contributed by atoms with Crippen LogP contribution in [-0.2, 0) is 4.74 Å². The number of nitro benzene ring substituents is 1. The Morgan fingerprint density at radius 1 is 1.38 bits per heavy atom. The average Bonchev–Trinajstić information content (AvgIpc) is 2.58. The zero-order valence-corrected chi connectivity index (χ0v) is 13.5. The van der Waals surface area contributed by atoms with Crippen molar-refractivity contribution in [3.63, 3.8) is 0 Å². The van der Waals surface area contributed by atoms with Gasteiger partial charge in [0, 0.05) is 25.7 Å². The fraction of sp³-hybridized carbons (Fsp3) is 0.533. The van der Waals surface area contributed by atoms with E-state index >= 15 is 0 Å². The van der Waals surface area contributed by atoms with Crippen LogP contribution in [0.1, 0.15) is 16.8 Å². The second-order valence-corrected chi connectivity index (χ2v) is 5.30. The summed E-state index contributed by atoms with van der Waals surface area (Å²) >= 11 is 0. The highest BCUT2D eigenvalue weighted by molar-refractivity contribution is 5.97. The van der Waals surface area contributed by atoms with Crippen LogP contribution in [0.4, 0.5) is 5.69 Å². The van der Waals surface area contributed by atoms with Crippen molar-refractivity contribution in [2.45, 2.75) is 6.42 Å². The van der Waals surface area contributed by atoms with Gasteiger partial charge in [0.1, 0.15) is 5.56 Å². The number of carbonyl (C=O) groups is 1. The minimum Gasteiger partial charge on any atom is -0.493 e. The lowest BCUT2D eigenvalue weighted by molar-refractivity contribution is -0.385. The first-order valence-corrected chi connectivity index (χ1v) is 7.62. The third-order valence-electron chi connectivity index (χ3n) is 3.72. The summed E-state index contributed by atoms with van der Waals surface area (Å²) in [5.41, 5.74) is 4.60. The molecule has 0 saturated carbocycles. The van der Waals surface area contributed by atoms with E-state index in [1.54, 1.807) is 0 Å². The highest BCUT2D eigenvalue weighted by Crippen LogP contribution is 2.34. The quantitative estimate of drug-likeness (QED) is 0.423. The number of benzene rings is 1. The van der Waals surface area contributed by atoms with Crippen molar-refractivity contribution in [3.05, 3.63) is 27.8 Å². The number of nitro groups is 1. The van der Waals surface area contributed by atoms with Gasteiger partial charge >= 0.3 is 0 Å². The molecule has 1 fully saturated rings. The molecule has 2 N–H and O–H groups in total. The average molecular weight is 339 g/mol. The van der Waals surface area contributed by atoms with Gasteiger partial charge in [-0.15, -0.1) is 0 Å². The summed E-state index contributed by atoms with van der Waals surface area (Å²) < 4.78 is 16.0. The van der Waals surface area contributed by atoms with Crippen LogP contribution in [0.15, 0.2) is 12.1 Å². The lowest BCUT2D eigenvalue weighted by Crippen LogP contribution is -2.37. The van der Waals surface area contributed by atoms with Gasteiger partial charge in [-0.3, -0.25) is 19.8 Å². The summed E-state index contributed by atoms with van der Waals surface area (Å²) in [5, 5.41) is 11.0. The van der Waals surface area contributed by atoms with Gasteiger partial charge in [0.25, 0.3) is 11.6 Å². The number of carbonyl (C=O) groups excluding carboxylic acids is 1. The predicted octanol–water partition coefficient (Wildman–Crippen LogP) is 0.803. The van der Waals surface area contributed by atoms with E-state index in [2.05, 4.69) is 4.90 Å². The molecule has 1 aliphatic heterocycles. The molecule has 2 rings (SSSR count). The molecule has 9 nitrogen and oxygen atoms in total. The summed E-state index contributed by atoms with van der Waals surface area (Å²) in [7, 11) is 1.38. The molecule has 1 amide bonds. The van der Waals surface area contributed by atoms with Crippen molar-refractivity contribution < 1.29 is 23.9 Å². The largest absolute Gasteiger partial charge is 0.493 e. The SMILES string of the molecule is COc1cc([N+](=O)[O-])c(C(N)=O)cc1OCCCN1CCOCC1. The zero-order valence-electron chi connectivity index (χ0n) is 13.5. The van der Waals surface area contributed by atoms with Gasteiger partial charge in [-0.2, -0.15) is 0 Å². The highest BCUT2D eigenvalue weighted by Gasteiger charge is 2.23. The maximum Gasteiger partial charge on any atom is 0.286 e. The second kappa shape index (κ2) is 8.46. The Kier molecular flexibility index (Phi) is 6.33. The maximum atomic E-state index is 11.4. The van der Waals surface area contributed by atoms with E-state index in [-0.39, 0.29) is 17.1 Å². The van der Waals surface area contributed by atoms with E-state index in [1.165, 1.54) is 13.2 Å². The summed E-state index contributed by atoms with van der Waals surface area (Å²) in [6, 6.07) is 2.41. The number of nitrogens with zero attached hydrogens (tertiary/aromatic N) is 2. The number of primary amides is 1. The van der Waals surface area contributed by atoms with Crippen molar-refractivity contribution >= 4 is 11.6 Å². The molecule has 1 aromatic rings. The molecule has 0 unspecified atom stereocenters. The highest BCUT2D eigenvalue weighted by atomic mass is 16.6. The fourth-order valence-electron chi connectivity index (χ4n) is 2.46. The van der Waals surface area contributed by atoms with Crippen molar-refractivity contribution in [1.29, 1.82) is 0 Å². The molecule has 0 aromatic heterocycles. The van der Waals surface area contributed by atoms with E-state index in [1.807, 2.05) is 0 Å². The first-order chi connectivity index (χ1) is 11.5. The first-order valence-electron chi connectivity index (χ1n) is 7.62. The maximum absolute atomic E-state index is 11.4. The van der Waals surface area contributed by atoms with Crippen LogP contribution in [0.5, 0.6) is 11.5 Å². The number of rotatable bonds is 8. The topological polar surface area (TPSA) is 117 Å². The van der Waals surface area contributed by atoms with Crippen molar-refractivity contribution in [1.82, 2.24) is 4.90 Å². The lowest BCUT2D eigenvalue weighted by Gasteiger charge is -2.26. The molecular weight excluding hydrogens is 318 g/mol. The van der Waals surface area contributed by atoms with Crippen molar-refractivity contribution in [2.24, 2.45) is 5.73 Å². The van der Waals surface area contributed by atoms with E-state index in [0.717, 1.165) is 45.3 Å². The Morgan fingerprint density at radius 2 is 2.08 bits per heavy atom. The van der Waals surface area contributed by atoms with Crippen LogP contribution in [0.2, 0.25) is 0 Å². The number of methoxy groups -OCH3 is 1. The Hall–Kier alpha value is -2.39. The lowest BCUT2D eigenvalue weighted by atomic mass is 10.1. The molecular formula is C15H21N3O6. The number of amides is 1. The standard InChI is InChI=1S/C15H21N3O6/c1-22-13-10-12(18(20)21)11(15(16)19)9-14(13)24-6-2-3-17-4-7-23-8-5-17/h9-10H,2-8H2,1H3,(H2,16,19). The summed E-state index contributed by atoms with van der Waals surface area (Å²) in [4.78, 5) is 24.0. The van der Waals surface area contributed by atoms with Crippen LogP contribution in [0, 0.1) is 10.1 Å². The smallest absolute Gasteiger partial charge is 0.286 e.